The van der Waals surface area contributed by atoms with Crippen molar-refractivity contribution in [3.63, 3.8) is 0 Å². The van der Waals surface area contributed by atoms with E-state index in [0.717, 1.165) is 5.56 Å². The molecular formula is C18H17N5O3. The van der Waals surface area contributed by atoms with Gasteiger partial charge < -0.3 is 16.4 Å². The van der Waals surface area contributed by atoms with Crippen LogP contribution in [0.2, 0.25) is 0 Å². The highest BCUT2D eigenvalue weighted by molar-refractivity contribution is 5.87. The van der Waals surface area contributed by atoms with Crippen molar-refractivity contribution >= 4 is 28.5 Å². The molecule has 0 atom stereocenters. The number of nitrogens with zero attached hydrogens (tertiary/aromatic N) is 2. The zero-order valence-electron chi connectivity index (χ0n) is 13.8. The lowest BCUT2D eigenvalue weighted by atomic mass is 10.2. The topological polar surface area (TPSA) is 119 Å². The SMILES string of the molecule is NC(=O)Nc1ccc(CNC(=O)Cn2cnc3ccccc3c2=O)cc1. The quantitative estimate of drug-likeness (QED) is 0.640. The van der Waals surface area contributed by atoms with Crippen molar-refractivity contribution in [3.05, 3.63) is 70.8 Å². The Morgan fingerprint density at radius 2 is 1.81 bits per heavy atom. The summed E-state index contributed by atoms with van der Waals surface area (Å²) in [5.74, 6) is -0.302. The second-order valence-corrected chi connectivity index (χ2v) is 5.66. The second-order valence-electron chi connectivity index (χ2n) is 5.66. The van der Waals surface area contributed by atoms with Crippen molar-refractivity contribution in [2.24, 2.45) is 5.73 Å². The lowest BCUT2D eigenvalue weighted by Gasteiger charge is -2.09. The van der Waals surface area contributed by atoms with Gasteiger partial charge in [0, 0.05) is 12.2 Å². The Labute approximate surface area is 148 Å². The van der Waals surface area contributed by atoms with Gasteiger partial charge in [-0.3, -0.25) is 14.2 Å². The molecule has 0 spiro atoms. The number of urea groups is 1. The van der Waals surface area contributed by atoms with Crippen LogP contribution in [0.1, 0.15) is 5.56 Å². The number of primary amides is 1. The van der Waals surface area contributed by atoms with Crippen LogP contribution in [0.25, 0.3) is 10.9 Å². The lowest BCUT2D eigenvalue weighted by molar-refractivity contribution is -0.121. The number of nitrogens with two attached hydrogens (primary N) is 1. The summed E-state index contributed by atoms with van der Waals surface area (Å²) in [6.07, 6.45) is 1.37. The number of hydrogen-bond acceptors (Lipinski definition) is 4. The summed E-state index contributed by atoms with van der Waals surface area (Å²) in [4.78, 5) is 39.4. The average Bonchev–Trinajstić information content (AvgIpc) is 2.63. The maximum absolute atomic E-state index is 12.4. The molecule has 0 aliphatic carbocycles. The predicted octanol–water partition coefficient (Wildman–Crippen LogP) is 1.20. The van der Waals surface area contributed by atoms with Crippen LogP contribution < -0.4 is 21.9 Å². The number of anilines is 1. The average molecular weight is 351 g/mol. The van der Waals surface area contributed by atoms with Crippen molar-refractivity contribution in [2.45, 2.75) is 13.1 Å². The number of nitrogens with one attached hydrogen (secondary N) is 2. The number of carbonyl (C=O) groups is 2. The van der Waals surface area contributed by atoms with Crippen molar-refractivity contribution in [2.75, 3.05) is 5.32 Å². The fourth-order valence-corrected chi connectivity index (χ4v) is 2.48. The number of aromatic nitrogens is 2. The Morgan fingerprint density at radius 1 is 1.08 bits per heavy atom. The van der Waals surface area contributed by atoms with E-state index in [1.54, 1.807) is 48.5 Å². The van der Waals surface area contributed by atoms with Gasteiger partial charge in [-0.1, -0.05) is 24.3 Å². The summed E-state index contributed by atoms with van der Waals surface area (Å²) in [6.45, 7) is 0.184. The molecule has 2 aromatic carbocycles. The third-order valence-corrected chi connectivity index (χ3v) is 3.76. The van der Waals surface area contributed by atoms with Crippen molar-refractivity contribution in [3.8, 4) is 0 Å². The normalized spacial score (nSPS) is 10.5. The smallest absolute Gasteiger partial charge is 0.316 e. The minimum Gasteiger partial charge on any atom is -0.351 e. The van der Waals surface area contributed by atoms with E-state index in [0.29, 0.717) is 23.1 Å². The van der Waals surface area contributed by atoms with Crippen LogP contribution in [0.15, 0.2) is 59.7 Å². The lowest BCUT2D eigenvalue weighted by Crippen LogP contribution is -2.32. The van der Waals surface area contributed by atoms with Gasteiger partial charge in [0.05, 0.1) is 17.2 Å². The molecule has 1 heterocycles. The van der Waals surface area contributed by atoms with Crippen molar-refractivity contribution in [1.29, 1.82) is 0 Å². The van der Waals surface area contributed by atoms with Crippen LogP contribution in [-0.4, -0.2) is 21.5 Å². The van der Waals surface area contributed by atoms with Gasteiger partial charge in [0.1, 0.15) is 6.54 Å². The first-order valence-electron chi connectivity index (χ1n) is 7.89. The molecule has 0 unspecified atom stereocenters. The summed E-state index contributed by atoms with van der Waals surface area (Å²) in [5, 5.41) is 5.67. The van der Waals surface area contributed by atoms with Crippen LogP contribution >= 0.6 is 0 Å². The van der Waals surface area contributed by atoms with Crippen LogP contribution in [-0.2, 0) is 17.9 Å². The van der Waals surface area contributed by atoms with E-state index < -0.39 is 6.03 Å². The van der Waals surface area contributed by atoms with Gasteiger partial charge in [0.15, 0.2) is 0 Å². The van der Waals surface area contributed by atoms with Crippen LogP contribution in [0, 0.1) is 0 Å². The fourth-order valence-electron chi connectivity index (χ4n) is 2.48. The van der Waals surface area contributed by atoms with E-state index in [-0.39, 0.29) is 18.0 Å². The first kappa shape index (κ1) is 17.2. The molecule has 3 rings (SSSR count). The molecule has 8 heteroatoms. The zero-order valence-corrected chi connectivity index (χ0v) is 13.8. The highest BCUT2D eigenvalue weighted by atomic mass is 16.2. The van der Waals surface area contributed by atoms with Gasteiger partial charge in [-0.15, -0.1) is 0 Å². The van der Waals surface area contributed by atoms with E-state index in [4.69, 9.17) is 5.73 Å². The molecule has 132 valence electrons. The van der Waals surface area contributed by atoms with Gasteiger partial charge in [0.2, 0.25) is 5.91 Å². The van der Waals surface area contributed by atoms with Crippen molar-refractivity contribution in [1.82, 2.24) is 14.9 Å². The van der Waals surface area contributed by atoms with Gasteiger partial charge in [-0.05, 0) is 29.8 Å². The molecule has 0 saturated heterocycles. The molecular weight excluding hydrogens is 334 g/mol. The third kappa shape index (κ3) is 4.04. The first-order valence-corrected chi connectivity index (χ1v) is 7.89. The van der Waals surface area contributed by atoms with E-state index in [2.05, 4.69) is 15.6 Å². The number of fused-ring (bicyclic) bond motifs is 1. The molecule has 3 amide bonds. The number of amides is 3. The highest BCUT2D eigenvalue weighted by Gasteiger charge is 2.08. The zero-order chi connectivity index (χ0) is 18.5. The Bertz CT molecular complexity index is 1010. The van der Waals surface area contributed by atoms with Crippen LogP contribution in [0.4, 0.5) is 10.5 Å². The fraction of sp³-hybridized carbons (Fsp3) is 0.111. The molecule has 0 aliphatic heterocycles. The Hall–Kier alpha value is -3.68. The highest BCUT2D eigenvalue weighted by Crippen LogP contribution is 2.09. The molecule has 1 aromatic heterocycles. The first-order chi connectivity index (χ1) is 12.5. The van der Waals surface area contributed by atoms with E-state index in [9.17, 15) is 14.4 Å². The number of para-hydroxylation sites is 1. The molecule has 0 saturated carbocycles. The summed E-state index contributed by atoms with van der Waals surface area (Å²) in [6, 6.07) is 13.2. The summed E-state index contributed by atoms with van der Waals surface area (Å²) in [5.41, 5.74) is 6.80. The molecule has 0 bridgehead atoms. The van der Waals surface area contributed by atoms with Gasteiger partial charge in [-0.2, -0.15) is 0 Å². The number of hydrogen-bond donors (Lipinski definition) is 3. The molecule has 4 N–H and O–H groups in total. The summed E-state index contributed by atoms with van der Waals surface area (Å²) >= 11 is 0. The maximum atomic E-state index is 12.4. The minimum atomic E-state index is -0.638. The third-order valence-electron chi connectivity index (χ3n) is 3.76. The number of carbonyl (C=O) groups excluding carboxylic acids is 2. The largest absolute Gasteiger partial charge is 0.351 e. The Morgan fingerprint density at radius 3 is 2.54 bits per heavy atom. The monoisotopic (exact) mass is 351 g/mol. The molecule has 8 nitrogen and oxygen atoms in total. The van der Waals surface area contributed by atoms with Gasteiger partial charge in [-0.25, -0.2) is 9.78 Å². The number of benzene rings is 2. The molecule has 0 aliphatic rings. The number of rotatable bonds is 5. The summed E-state index contributed by atoms with van der Waals surface area (Å²) in [7, 11) is 0. The standard InChI is InChI=1S/C18H17N5O3/c19-18(26)22-13-7-5-12(6-8-13)9-20-16(24)10-23-11-21-15-4-2-1-3-14(15)17(23)25/h1-8,11H,9-10H2,(H,20,24)(H3,19,22,26). The molecule has 26 heavy (non-hydrogen) atoms. The van der Waals surface area contributed by atoms with Gasteiger partial charge in [0.25, 0.3) is 5.56 Å². The molecule has 0 radical (unpaired) electrons. The van der Waals surface area contributed by atoms with E-state index >= 15 is 0 Å². The van der Waals surface area contributed by atoms with E-state index in [1.807, 2.05) is 0 Å². The maximum Gasteiger partial charge on any atom is 0.316 e. The minimum absolute atomic E-state index is 0.113. The summed E-state index contributed by atoms with van der Waals surface area (Å²) < 4.78 is 1.28. The van der Waals surface area contributed by atoms with Crippen LogP contribution in [0.5, 0.6) is 0 Å². The van der Waals surface area contributed by atoms with E-state index in [1.165, 1.54) is 10.9 Å². The molecule has 0 fully saturated rings. The second kappa shape index (κ2) is 7.47. The molecule has 3 aromatic rings. The Kier molecular flexibility index (Phi) is 4.93. The predicted molar refractivity (Wildman–Crippen MR) is 97.5 cm³/mol. The Balaban J connectivity index is 1.62. The van der Waals surface area contributed by atoms with Crippen molar-refractivity contribution < 1.29 is 9.59 Å². The van der Waals surface area contributed by atoms with Gasteiger partial charge >= 0.3 is 6.03 Å². The van der Waals surface area contributed by atoms with Crippen LogP contribution in [0.3, 0.4) is 0 Å².